The molecule has 2 amide bonds. The lowest BCUT2D eigenvalue weighted by Gasteiger charge is -2.12. The molecule has 0 bridgehead atoms. The highest BCUT2D eigenvalue weighted by molar-refractivity contribution is 5.78. The molecule has 0 fully saturated rings. The van der Waals surface area contributed by atoms with Gasteiger partial charge in [0.25, 0.3) is 0 Å². The molecule has 0 spiro atoms. The summed E-state index contributed by atoms with van der Waals surface area (Å²) in [5, 5.41) is 5.78. The molecule has 1 unspecified atom stereocenters. The summed E-state index contributed by atoms with van der Waals surface area (Å²) in [6.45, 7) is 9.24. The number of carbonyl (C=O) groups excluding carboxylic acids is 2. The normalized spacial score (nSPS) is 12.3. The Morgan fingerprint density at radius 1 is 0.944 bits per heavy atom. The Morgan fingerprint density at radius 2 is 1.56 bits per heavy atom. The summed E-state index contributed by atoms with van der Waals surface area (Å²) in [6, 6.07) is 0. The van der Waals surface area contributed by atoms with Crippen LogP contribution in [0.1, 0.15) is 53.4 Å². The van der Waals surface area contributed by atoms with Crippen LogP contribution in [-0.4, -0.2) is 24.9 Å². The van der Waals surface area contributed by atoms with E-state index in [0.29, 0.717) is 6.54 Å². The standard InChI is InChI=1S/C14H28N2O2/c1-5-9-15-14(18)12(4)8-6-7-10-16-13(17)11(2)3/h11-12H,5-10H2,1-4H3,(H,15,18)(H,16,17). The average Bonchev–Trinajstić information content (AvgIpc) is 2.34. The van der Waals surface area contributed by atoms with Gasteiger partial charge in [-0.2, -0.15) is 0 Å². The molecule has 0 aromatic carbocycles. The number of rotatable bonds is 9. The molecule has 0 saturated carbocycles. The number of carbonyl (C=O) groups is 2. The van der Waals surface area contributed by atoms with Crippen molar-refractivity contribution in [3.05, 3.63) is 0 Å². The van der Waals surface area contributed by atoms with Gasteiger partial charge in [-0.3, -0.25) is 9.59 Å². The highest BCUT2D eigenvalue weighted by Crippen LogP contribution is 2.07. The SMILES string of the molecule is CCCNC(=O)C(C)CCCCNC(=O)C(C)C. The van der Waals surface area contributed by atoms with Crippen molar-refractivity contribution in [2.45, 2.75) is 53.4 Å². The van der Waals surface area contributed by atoms with Crippen LogP contribution in [0.4, 0.5) is 0 Å². The maximum atomic E-state index is 11.6. The summed E-state index contributed by atoms with van der Waals surface area (Å²) in [4.78, 5) is 22.9. The topological polar surface area (TPSA) is 58.2 Å². The second kappa shape index (κ2) is 9.92. The van der Waals surface area contributed by atoms with E-state index in [4.69, 9.17) is 0 Å². The number of amides is 2. The van der Waals surface area contributed by atoms with Crippen molar-refractivity contribution >= 4 is 11.8 Å². The molecule has 0 saturated heterocycles. The largest absolute Gasteiger partial charge is 0.356 e. The van der Waals surface area contributed by atoms with Crippen LogP contribution in [0.25, 0.3) is 0 Å². The maximum Gasteiger partial charge on any atom is 0.222 e. The van der Waals surface area contributed by atoms with E-state index in [2.05, 4.69) is 10.6 Å². The van der Waals surface area contributed by atoms with Crippen molar-refractivity contribution in [2.24, 2.45) is 11.8 Å². The molecule has 0 heterocycles. The van der Waals surface area contributed by atoms with Crippen LogP contribution >= 0.6 is 0 Å². The first kappa shape index (κ1) is 16.9. The monoisotopic (exact) mass is 256 g/mol. The zero-order chi connectivity index (χ0) is 14.0. The van der Waals surface area contributed by atoms with Crippen molar-refractivity contribution < 1.29 is 9.59 Å². The van der Waals surface area contributed by atoms with Gasteiger partial charge < -0.3 is 10.6 Å². The second-order valence-electron chi connectivity index (χ2n) is 5.13. The molecule has 106 valence electrons. The van der Waals surface area contributed by atoms with Crippen molar-refractivity contribution in [2.75, 3.05) is 13.1 Å². The molecule has 0 aliphatic carbocycles. The van der Waals surface area contributed by atoms with Gasteiger partial charge in [-0.25, -0.2) is 0 Å². The Bertz CT molecular complexity index is 252. The third-order valence-corrected chi connectivity index (χ3v) is 2.88. The van der Waals surface area contributed by atoms with Crippen LogP contribution in [0.5, 0.6) is 0 Å². The minimum atomic E-state index is 0.0451. The summed E-state index contributed by atoms with van der Waals surface area (Å²) >= 11 is 0. The molecule has 4 nitrogen and oxygen atoms in total. The third kappa shape index (κ3) is 8.09. The van der Waals surface area contributed by atoms with E-state index in [-0.39, 0.29) is 23.7 Å². The molecule has 18 heavy (non-hydrogen) atoms. The van der Waals surface area contributed by atoms with Crippen molar-refractivity contribution in [1.82, 2.24) is 10.6 Å². The van der Waals surface area contributed by atoms with Gasteiger partial charge in [-0.15, -0.1) is 0 Å². The van der Waals surface area contributed by atoms with Crippen LogP contribution in [-0.2, 0) is 9.59 Å². The van der Waals surface area contributed by atoms with E-state index >= 15 is 0 Å². The van der Waals surface area contributed by atoms with E-state index in [1.54, 1.807) is 0 Å². The Morgan fingerprint density at radius 3 is 2.11 bits per heavy atom. The first-order valence-electron chi connectivity index (χ1n) is 7.04. The fourth-order valence-corrected chi connectivity index (χ4v) is 1.54. The van der Waals surface area contributed by atoms with Crippen LogP contribution in [0.2, 0.25) is 0 Å². The van der Waals surface area contributed by atoms with Gasteiger partial charge in [0.05, 0.1) is 0 Å². The average molecular weight is 256 g/mol. The van der Waals surface area contributed by atoms with Crippen LogP contribution < -0.4 is 10.6 Å². The lowest BCUT2D eigenvalue weighted by Crippen LogP contribution is -2.30. The highest BCUT2D eigenvalue weighted by atomic mass is 16.2. The Hall–Kier alpha value is -1.06. The molecule has 1 atom stereocenters. The maximum absolute atomic E-state index is 11.6. The number of nitrogens with one attached hydrogen (secondary N) is 2. The van der Waals surface area contributed by atoms with Crippen molar-refractivity contribution in [1.29, 1.82) is 0 Å². The van der Waals surface area contributed by atoms with Gasteiger partial charge in [-0.05, 0) is 19.3 Å². The summed E-state index contributed by atoms with van der Waals surface area (Å²) in [6.07, 6.45) is 3.76. The predicted molar refractivity (Wildman–Crippen MR) is 74.2 cm³/mol. The molecule has 0 aromatic heterocycles. The fourth-order valence-electron chi connectivity index (χ4n) is 1.54. The van der Waals surface area contributed by atoms with Crippen molar-refractivity contribution in [3.63, 3.8) is 0 Å². The van der Waals surface area contributed by atoms with E-state index in [1.165, 1.54) is 0 Å². The van der Waals surface area contributed by atoms with Crippen LogP contribution in [0.3, 0.4) is 0 Å². The number of unbranched alkanes of at least 4 members (excludes halogenated alkanes) is 1. The van der Waals surface area contributed by atoms with Gasteiger partial charge >= 0.3 is 0 Å². The Balaban J connectivity index is 3.54. The molecule has 2 N–H and O–H groups in total. The van der Waals surface area contributed by atoms with Gasteiger partial charge in [0, 0.05) is 24.9 Å². The molecule has 0 radical (unpaired) electrons. The van der Waals surface area contributed by atoms with Gasteiger partial charge in [0.2, 0.25) is 11.8 Å². The Labute approximate surface area is 111 Å². The molecule has 0 rings (SSSR count). The number of hydrogen-bond donors (Lipinski definition) is 2. The first-order valence-corrected chi connectivity index (χ1v) is 7.04. The van der Waals surface area contributed by atoms with E-state index in [9.17, 15) is 9.59 Å². The zero-order valence-corrected chi connectivity index (χ0v) is 12.2. The molecule has 0 aliphatic rings. The van der Waals surface area contributed by atoms with Gasteiger partial charge in [-0.1, -0.05) is 34.1 Å². The van der Waals surface area contributed by atoms with Gasteiger partial charge in [0.1, 0.15) is 0 Å². The lowest BCUT2D eigenvalue weighted by molar-refractivity contribution is -0.125. The highest BCUT2D eigenvalue weighted by Gasteiger charge is 2.11. The molecule has 4 heteroatoms. The van der Waals surface area contributed by atoms with Crippen LogP contribution in [0, 0.1) is 11.8 Å². The summed E-state index contributed by atoms with van der Waals surface area (Å²) < 4.78 is 0. The van der Waals surface area contributed by atoms with E-state index in [0.717, 1.165) is 32.2 Å². The summed E-state index contributed by atoms with van der Waals surface area (Å²) in [7, 11) is 0. The van der Waals surface area contributed by atoms with E-state index in [1.807, 2.05) is 27.7 Å². The molecular weight excluding hydrogens is 228 g/mol. The Kier molecular flexibility index (Phi) is 9.33. The molecule has 0 aliphatic heterocycles. The predicted octanol–water partition coefficient (Wildman–Crippen LogP) is 2.09. The second-order valence-corrected chi connectivity index (χ2v) is 5.13. The summed E-state index contributed by atoms with van der Waals surface area (Å²) in [5.74, 6) is 0.355. The van der Waals surface area contributed by atoms with Gasteiger partial charge in [0.15, 0.2) is 0 Å². The molecule has 0 aromatic rings. The van der Waals surface area contributed by atoms with E-state index < -0.39 is 0 Å². The molecular formula is C14H28N2O2. The van der Waals surface area contributed by atoms with Crippen LogP contribution in [0.15, 0.2) is 0 Å². The minimum Gasteiger partial charge on any atom is -0.356 e. The zero-order valence-electron chi connectivity index (χ0n) is 12.2. The lowest BCUT2D eigenvalue weighted by atomic mass is 10.0. The third-order valence-electron chi connectivity index (χ3n) is 2.88. The quantitative estimate of drug-likeness (QED) is 0.621. The fraction of sp³-hybridized carbons (Fsp3) is 0.857. The first-order chi connectivity index (χ1) is 8.49. The minimum absolute atomic E-state index is 0.0451. The number of hydrogen-bond acceptors (Lipinski definition) is 2. The summed E-state index contributed by atoms with van der Waals surface area (Å²) in [5.41, 5.74) is 0. The van der Waals surface area contributed by atoms with Crippen molar-refractivity contribution in [3.8, 4) is 0 Å². The smallest absolute Gasteiger partial charge is 0.222 e.